The summed E-state index contributed by atoms with van der Waals surface area (Å²) in [5, 5.41) is 8.04. The third-order valence-electron chi connectivity index (χ3n) is 3.43. The fraction of sp³-hybridized carbons (Fsp3) is 0. The van der Waals surface area contributed by atoms with Gasteiger partial charge in [-0.3, -0.25) is 4.79 Å². The van der Waals surface area contributed by atoms with Gasteiger partial charge < -0.3 is 10.3 Å². The van der Waals surface area contributed by atoms with Crippen LogP contribution in [-0.4, -0.2) is 20.5 Å². The first-order chi connectivity index (χ1) is 10.3. The van der Waals surface area contributed by atoms with E-state index in [1.807, 2.05) is 54.7 Å². The Balaban J connectivity index is 1.64. The molecule has 0 atom stereocenters. The lowest BCUT2D eigenvalue weighted by atomic mass is 10.2. The fourth-order valence-corrected chi connectivity index (χ4v) is 2.39. The molecule has 0 fully saturated rings. The van der Waals surface area contributed by atoms with E-state index < -0.39 is 0 Å². The standard InChI is InChI=1S/C16H12N4O/c21-16(15-9-11-3-1-2-4-14(11)19-15)18-12-6-8-20-13(10-12)5-7-17-20/h1-10,19H,(H,18,21). The fourth-order valence-electron chi connectivity index (χ4n) is 2.39. The predicted molar refractivity (Wildman–Crippen MR) is 81.4 cm³/mol. The van der Waals surface area contributed by atoms with Gasteiger partial charge in [0, 0.05) is 29.0 Å². The van der Waals surface area contributed by atoms with E-state index in [0.717, 1.165) is 22.1 Å². The molecular weight excluding hydrogens is 264 g/mol. The van der Waals surface area contributed by atoms with E-state index in [-0.39, 0.29) is 5.91 Å². The van der Waals surface area contributed by atoms with Gasteiger partial charge in [-0.15, -0.1) is 0 Å². The summed E-state index contributed by atoms with van der Waals surface area (Å²) in [6, 6.07) is 15.2. The maximum atomic E-state index is 12.3. The van der Waals surface area contributed by atoms with Gasteiger partial charge in [0.1, 0.15) is 5.69 Å². The number of benzene rings is 1. The van der Waals surface area contributed by atoms with Crippen molar-refractivity contribution in [2.24, 2.45) is 0 Å². The number of para-hydroxylation sites is 1. The Morgan fingerprint density at radius 2 is 2.05 bits per heavy atom. The molecule has 4 aromatic rings. The first kappa shape index (κ1) is 11.7. The van der Waals surface area contributed by atoms with Crippen LogP contribution in [0.2, 0.25) is 0 Å². The van der Waals surface area contributed by atoms with E-state index in [9.17, 15) is 4.79 Å². The number of anilines is 1. The minimum Gasteiger partial charge on any atom is -0.351 e. The van der Waals surface area contributed by atoms with E-state index >= 15 is 0 Å². The van der Waals surface area contributed by atoms with Crippen LogP contribution >= 0.6 is 0 Å². The Kier molecular flexibility index (Phi) is 2.50. The molecule has 21 heavy (non-hydrogen) atoms. The van der Waals surface area contributed by atoms with Crippen molar-refractivity contribution >= 4 is 28.0 Å². The Hall–Kier alpha value is -3.08. The third-order valence-corrected chi connectivity index (χ3v) is 3.43. The second kappa shape index (κ2) is 4.49. The number of nitrogens with zero attached hydrogens (tertiary/aromatic N) is 2. The van der Waals surface area contributed by atoms with Crippen molar-refractivity contribution < 1.29 is 4.79 Å². The maximum Gasteiger partial charge on any atom is 0.272 e. The summed E-state index contributed by atoms with van der Waals surface area (Å²) in [6.07, 6.45) is 3.54. The molecule has 1 amide bonds. The van der Waals surface area contributed by atoms with Crippen molar-refractivity contribution in [1.29, 1.82) is 0 Å². The Bertz CT molecular complexity index is 918. The van der Waals surface area contributed by atoms with Gasteiger partial charge >= 0.3 is 0 Å². The van der Waals surface area contributed by atoms with Crippen LogP contribution in [0, 0.1) is 0 Å². The lowest BCUT2D eigenvalue weighted by molar-refractivity contribution is 0.102. The van der Waals surface area contributed by atoms with Gasteiger partial charge in [0.25, 0.3) is 5.91 Å². The van der Waals surface area contributed by atoms with E-state index in [0.29, 0.717) is 5.69 Å². The molecule has 0 saturated carbocycles. The quantitative estimate of drug-likeness (QED) is 0.591. The lowest BCUT2D eigenvalue weighted by Crippen LogP contribution is -2.12. The Morgan fingerprint density at radius 3 is 2.95 bits per heavy atom. The summed E-state index contributed by atoms with van der Waals surface area (Å²) in [7, 11) is 0. The molecule has 102 valence electrons. The molecule has 0 unspecified atom stereocenters. The Morgan fingerprint density at radius 1 is 1.14 bits per heavy atom. The van der Waals surface area contributed by atoms with Crippen LogP contribution in [0.3, 0.4) is 0 Å². The van der Waals surface area contributed by atoms with Crippen molar-refractivity contribution in [1.82, 2.24) is 14.6 Å². The van der Waals surface area contributed by atoms with E-state index in [2.05, 4.69) is 15.4 Å². The second-order valence-electron chi connectivity index (χ2n) is 4.84. The zero-order chi connectivity index (χ0) is 14.2. The number of aromatic nitrogens is 3. The highest BCUT2D eigenvalue weighted by Crippen LogP contribution is 2.17. The highest BCUT2D eigenvalue weighted by atomic mass is 16.1. The van der Waals surface area contributed by atoms with Crippen molar-refractivity contribution in [2.75, 3.05) is 5.32 Å². The molecule has 0 spiro atoms. The molecule has 0 aliphatic rings. The van der Waals surface area contributed by atoms with Gasteiger partial charge in [0.2, 0.25) is 0 Å². The van der Waals surface area contributed by atoms with Gasteiger partial charge in [-0.2, -0.15) is 5.10 Å². The largest absolute Gasteiger partial charge is 0.351 e. The number of hydrogen-bond acceptors (Lipinski definition) is 2. The van der Waals surface area contributed by atoms with Gasteiger partial charge in [-0.1, -0.05) is 18.2 Å². The van der Waals surface area contributed by atoms with Crippen LogP contribution in [0.4, 0.5) is 5.69 Å². The number of amides is 1. The van der Waals surface area contributed by atoms with Gasteiger partial charge in [-0.05, 0) is 30.3 Å². The average Bonchev–Trinajstić information content (AvgIpc) is 3.13. The summed E-state index contributed by atoms with van der Waals surface area (Å²) >= 11 is 0. The zero-order valence-corrected chi connectivity index (χ0v) is 11.1. The Labute approximate surface area is 120 Å². The van der Waals surface area contributed by atoms with Gasteiger partial charge in [0.15, 0.2) is 0 Å². The monoisotopic (exact) mass is 276 g/mol. The molecular formula is C16H12N4O. The SMILES string of the molecule is O=C(Nc1ccn2nccc2c1)c1cc2ccccc2[nH]1. The van der Waals surface area contributed by atoms with Crippen molar-refractivity contribution in [3.8, 4) is 0 Å². The average molecular weight is 276 g/mol. The third kappa shape index (κ3) is 2.04. The summed E-state index contributed by atoms with van der Waals surface area (Å²) in [4.78, 5) is 15.4. The molecule has 3 heterocycles. The summed E-state index contributed by atoms with van der Waals surface area (Å²) in [5.74, 6) is -0.157. The molecule has 1 aromatic carbocycles. The number of fused-ring (bicyclic) bond motifs is 2. The van der Waals surface area contributed by atoms with Crippen LogP contribution in [-0.2, 0) is 0 Å². The number of hydrogen-bond donors (Lipinski definition) is 2. The molecule has 5 nitrogen and oxygen atoms in total. The zero-order valence-electron chi connectivity index (χ0n) is 11.1. The summed E-state index contributed by atoms with van der Waals surface area (Å²) in [6.45, 7) is 0. The molecule has 5 heteroatoms. The normalized spacial score (nSPS) is 11.0. The van der Waals surface area contributed by atoms with Crippen LogP contribution in [0.1, 0.15) is 10.5 Å². The number of pyridine rings is 1. The number of H-pyrrole nitrogens is 1. The number of carbonyl (C=O) groups is 1. The molecule has 3 aromatic heterocycles. The maximum absolute atomic E-state index is 12.3. The summed E-state index contributed by atoms with van der Waals surface area (Å²) in [5.41, 5.74) is 3.18. The molecule has 0 saturated heterocycles. The number of nitrogens with one attached hydrogen (secondary N) is 2. The molecule has 0 aliphatic carbocycles. The van der Waals surface area contributed by atoms with Crippen LogP contribution in [0.15, 0.2) is 60.9 Å². The van der Waals surface area contributed by atoms with Crippen LogP contribution in [0.5, 0.6) is 0 Å². The van der Waals surface area contributed by atoms with E-state index in [1.165, 1.54) is 0 Å². The highest BCUT2D eigenvalue weighted by molar-refractivity contribution is 6.06. The van der Waals surface area contributed by atoms with Crippen LogP contribution in [0.25, 0.3) is 16.4 Å². The smallest absolute Gasteiger partial charge is 0.272 e. The molecule has 0 radical (unpaired) electrons. The summed E-state index contributed by atoms with van der Waals surface area (Å²) < 4.78 is 1.75. The van der Waals surface area contributed by atoms with E-state index in [1.54, 1.807) is 10.7 Å². The molecule has 0 aliphatic heterocycles. The van der Waals surface area contributed by atoms with Gasteiger partial charge in [0.05, 0.1) is 5.52 Å². The minimum absolute atomic E-state index is 0.157. The first-order valence-corrected chi connectivity index (χ1v) is 6.62. The van der Waals surface area contributed by atoms with Crippen molar-refractivity contribution in [2.45, 2.75) is 0 Å². The number of carbonyl (C=O) groups excluding carboxylic acids is 1. The van der Waals surface area contributed by atoms with E-state index in [4.69, 9.17) is 0 Å². The highest BCUT2D eigenvalue weighted by Gasteiger charge is 2.09. The minimum atomic E-state index is -0.157. The van der Waals surface area contributed by atoms with Crippen LogP contribution < -0.4 is 5.32 Å². The molecule has 0 bridgehead atoms. The second-order valence-corrected chi connectivity index (χ2v) is 4.84. The predicted octanol–water partition coefficient (Wildman–Crippen LogP) is 3.07. The first-order valence-electron chi connectivity index (χ1n) is 6.62. The molecule has 4 rings (SSSR count). The van der Waals surface area contributed by atoms with Crippen molar-refractivity contribution in [3.05, 3.63) is 66.6 Å². The topological polar surface area (TPSA) is 62.2 Å². The number of aromatic amines is 1. The molecule has 2 N–H and O–H groups in total. The number of rotatable bonds is 2. The van der Waals surface area contributed by atoms with Crippen molar-refractivity contribution in [3.63, 3.8) is 0 Å². The van der Waals surface area contributed by atoms with Gasteiger partial charge in [-0.25, -0.2) is 4.52 Å². The lowest BCUT2D eigenvalue weighted by Gasteiger charge is -2.04.